The second-order valence-electron chi connectivity index (χ2n) is 6.13. The van der Waals surface area contributed by atoms with E-state index in [0.29, 0.717) is 6.04 Å². The lowest BCUT2D eigenvalue weighted by Crippen LogP contribution is -2.56. The summed E-state index contributed by atoms with van der Waals surface area (Å²) >= 11 is 0. The molecule has 2 aliphatic heterocycles. The molecule has 2 heterocycles. The Kier molecular flexibility index (Phi) is 7.20. The van der Waals surface area contributed by atoms with Crippen LogP contribution in [0.25, 0.3) is 0 Å². The Hall–Kier alpha value is -0.0700. The van der Waals surface area contributed by atoms with Gasteiger partial charge in [-0.3, -0.25) is 9.69 Å². The lowest BCUT2D eigenvalue weighted by Gasteiger charge is -2.35. The second-order valence-corrected chi connectivity index (χ2v) is 6.13. The van der Waals surface area contributed by atoms with Gasteiger partial charge in [0.1, 0.15) is 5.60 Å². The highest BCUT2D eigenvalue weighted by atomic mass is 35.5. The lowest BCUT2D eigenvalue weighted by molar-refractivity contribution is -0.147. The molecular formula is C14H27Cl2N3O2. The largest absolute Gasteiger partial charge is 0.368 e. The van der Waals surface area contributed by atoms with Crippen molar-refractivity contribution in [2.24, 2.45) is 0 Å². The van der Waals surface area contributed by atoms with Gasteiger partial charge < -0.3 is 15.4 Å². The number of ether oxygens (including phenoxy) is 1. The molecule has 3 rings (SSSR count). The van der Waals surface area contributed by atoms with E-state index in [1.54, 1.807) is 7.11 Å². The molecule has 1 aliphatic carbocycles. The SMILES string of the molecule is COC1(C(=O)NC2CCN(C3CC3)C2)CCNCC1.Cl.Cl. The minimum absolute atomic E-state index is 0. The average Bonchev–Trinajstić information content (AvgIpc) is 3.20. The van der Waals surface area contributed by atoms with E-state index in [1.807, 2.05) is 0 Å². The first-order valence-corrected chi connectivity index (χ1v) is 7.54. The number of piperidine rings is 1. The number of nitrogens with one attached hydrogen (secondary N) is 2. The zero-order chi connectivity index (χ0) is 13.3. The minimum Gasteiger partial charge on any atom is -0.368 e. The molecule has 0 aromatic rings. The van der Waals surface area contributed by atoms with E-state index < -0.39 is 5.60 Å². The number of nitrogens with zero attached hydrogens (tertiary/aromatic N) is 1. The van der Waals surface area contributed by atoms with E-state index in [-0.39, 0.29) is 30.7 Å². The first-order valence-electron chi connectivity index (χ1n) is 7.54. The van der Waals surface area contributed by atoms with Gasteiger partial charge in [-0.25, -0.2) is 0 Å². The topological polar surface area (TPSA) is 53.6 Å². The van der Waals surface area contributed by atoms with Crippen molar-refractivity contribution in [2.45, 2.75) is 49.8 Å². The van der Waals surface area contributed by atoms with Crippen LogP contribution in [0, 0.1) is 0 Å². The Balaban J connectivity index is 0.00000110. The minimum atomic E-state index is -0.599. The van der Waals surface area contributed by atoms with Crippen molar-refractivity contribution in [1.29, 1.82) is 0 Å². The zero-order valence-electron chi connectivity index (χ0n) is 12.6. The molecule has 0 bridgehead atoms. The van der Waals surface area contributed by atoms with E-state index in [1.165, 1.54) is 12.8 Å². The number of halogens is 2. The number of likely N-dealkylation sites (tertiary alicyclic amines) is 1. The molecular weight excluding hydrogens is 313 g/mol. The van der Waals surface area contributed by atoms with E-state index in [9.17, 15) is 4.79 Å². The number of carbonyl (C=O) groups excluding carboxylic acids is 1. The Morgan fingerprint density at radius 1 is 1.24 bits per heavy atom. The molecule has 0 radical (unpaired) electrons. The smallest absolute Gasteiger partial charge is 0.252 e. The van der Waals surface area contributed by atoms with E-state index in [4.69, 9.17) is 4.74 Å². The number of methoxy groups -OCH3 is 1. The monoisotopic (exact) mass is 339 g/mol. The van der Waals surface area contributed by atoms with Crippen molar-refractivity contribution in [3.05, 3.63) is 0 Å². The molecule has 2 saturated heterocycles. The first kappa shape index (κ1) is 19.0. The van der Waals surface area contributed by atoms with E-state index in [2.05, 4.69) is 15.5 Å². The molecule has 124 valence electrons. The highest BCUT2D eigenvalue weighted by molar-refractivity contribution is 5.86. The van der Waals surface area contributed by atoms with Gasteiger partial charge in [0, 0.05) is 32.3 Å². The van der Waals surface area contributed by atoms with Crippen molar-refractivity contribution < 1.29 is 9.53 Å². The van der Waals surface area contributed by atoms with Crippen LogP contribution in [0.15, 0.2) is 0 Å². The molecule has 0 aromatic heterocycles. The summed E-state index contributed by atoms with van der Waals surface area (Å²) in [5.41, 5.74) is -0.599. The molecule has 0 spiro atoms. The Morgan fingerprint density at radius 2 is 1.90 bits per heavy atom. The zero-order valence-corrected chi connectivity index (χ0v) is 14.2. The van der Waals surface area contributed by atoms with Gasteiger partial charge in [-0.05, 0) is 45.2 Å². The van der Waals surface area contributed by atoms with Gasteiger partial charge in [-0.15, -0.1) is 24.8 Å². The van der Waals surface area contributed by atoms with Crippen LogP contribution in [0.3, 0.4) is 0 Å². The van der Waals surface area contributed by atoms with Gasteiger partial charge >= 0.3 is 0 Å². The van der Waals surface area contributed by atoms with Crippen LogP contribution >= 0.6 is 24.8 Å². The summed E-state index contributed by atoms with van der Waals surface area (Å²) in [7, 11) is 1.66. The molecule has 21 heavy (non-hydrogen) atoms. The molecule has 0 aromatic carbocycles. The molecule has 3 fully saturated rings. The fourth-order valence-electron chi connectivity index (χ4n) is 3.35. The van der Waals surface area contributed by atoms with Crippen LogP contribution in [-0.2, 0) is 9.53 Å². The maximum Gasteiger partial charge on any atom is 0.252 e. The second kappa shape index (κ2) is 7.97. The molecule has 1 amide bonds. The van der Waals surface area contributed by atoms with Crippen LogP contribution in [0.4, 0.5) is 0 Å². The van der Waals surface area contributed by atoms with E-state index >= 15 is 0 Å². The maximum absolute atomic E-state index is 12.5. The van der Waals surface area contributed by atoms with Crippen molar-refractivity contribution in [3.8, 4) is 0 Å². The molecule has 1 atom stereocenters. The molecule has 1 saturated carbocycles. The van der Waals surface area contributed by atoms with Gasteiger partial charge in [0.2, 0.25) is 0 Å². The molecule has 1 unspecified atom stereocenters. The van der Waals surface area contributed by atoms with Gasteiger partial charge in [0.15, 0.2) is 0 Å². The van der Waals surface area contributed by atoms with Crippen LogP contribution in [-0.4, -0.2) is 61.8 Å². The summed E-state index contributed by atoms with van der Waals surface area (Å²) in [6.07, 6.45) is 5.31. The fourth-order valence-corrected chi connectivity index (χ4v) is 3.35. The number of hydrogen-bond acceptors (Lipinski definition) is 4. The number of hydrogen-bond donors (Lipinski definition) is 2. The molecule has 2 N–H and O–H groups in total. The van der Waals surface area contributed by atoms with Crippen LogP contribution < -0.4 is 10.6 Å². The summed E-state index contributed by atoms with van der Waals surface area (Å²) in [6, 6.07) is 1.12. The predicted molar refractivity (Wildman–Crippen MR) is 87.5 cm³/mol. The fraction of sp³-hybridized carbons (Fsp3) is 0.929. The third kappa shape index (κ3) is 4.23. The Bertz CT molecular complexity index is 347. The van der Waals surface area contributed by atoms with E-state index in [0.717, 1.165) is 51.5 Å². The summed E-state index contributed by atoms with van der Waals surface area (Å²) in [5, 5.41) is 6.50. The van der Waals surface area contributed by atoms with Crippen LogP contribution in [0.1, 0.15) is 32.1 Å². The third-order valence-electron chi connectivity index (χ3n) is 4.83. The first-order chi connectivity index (χ1) is 9.23. The van der Waals surface area contributed by atoms with Crippen molar-refractivity contribution >= 4 is 30.7 Å². The average molecular weight is 340 g/mol. The molecule has 5 nitrogen and oxygen atoms in total. The third-order valence-corrected chi connectivity index (χ3v) is 4.83. The normalized spacial score (nSPS) is 28.3. The van der Waals surface area contributed by atoms with Gasteiger partial charge in [-0.2, -0.15) is 0 Å². The predicted octanol–water partition coefficient (Wildman–Crippen LogP) is 0.951. The number of rotatable bonds is 4. The van der Waals surface area contributed by atoms with Gasteiger partial charge in [-0.1, -0.05) is 0 Å². The summed E-state index contributed by atoms with van der Waals surface area (Å²) in [5.74, 6) is 0.0964. The summed E-state index contributed by atoms with van der Waals surface area (Å²) in [4.78, 5) is 15.0. The van der Waals surface area contributed by atoms with Crippen LogP contribution in [0.5, 0.6) is 0 Å². The summed E-state index contributed by atoms with van der Waals surface area (Å²) < 4.78 is 5.57. The molecule has 7 heteroatoms. The standard InChI is InChI=1S/C14H25N3O2.2ClH/c1-19-14(5-7-15-8-6-14)13(18)16-11-4-9-17(10-11)12-2-3-12;;/h11-12,15H,2-10H2,1H3,(H,16,18);2*1H. The van der Waals surface area contributed by atoms with Gasteiger partial charge in [0.05, 0.1) is 0 Å². The number of carbonyl (C=O) groups is 1. The quantitative estimate of drug-likeness (QED) is 0.800. The molecule has 3 aliphatic rings. The number of amides is 1. The highest BCUT2D eigenvalue weighted by Crippen LogP contribution is 2.30. The van der Waals surface area contributed by atoms with Crippen molar-refractivity contribution in [1.82, 2.24) is 15.5 Å². The Morgan fingerprint density at radius 3 is 2.48 bits per heavy atom. The maximum atomic E-state index is 12.5. The van der Waals surface area contributed by atoms with Crippen molar-refractivity contribution in [3.63, 3.8) is 0 Å². The van der Waals surface area contributed by atoms with Crippen LogP contribution in [0.2, 0.25) is 0 Å². The summed E-state index contributed by atoms with van der Waals surface area (Å²) in [6.45, 7) is 3.88. The highest BCUT2D eigenvalue weighted by Gasteiger charge is 2.42. The Labute approximate surface area is 139 Å². The van der Waals surface area contributed by atoms with Crippen molar-refractivity contribution in [2.75, 3.05) is 33.3 Å². The van der Waals surface area contributed by atoms with Gasteiger partial charge in [0.25, 0.3) is 5.91 Å². The lowest BCUT2D eigenvalue weighted by atomic mass is 9.90.